The van der Waals surface area contributed by atoms with Gasteiger partial charge < -0.3 is 19.7 Å². The van der Waals surface area contributed by atoms with Crippen molar-refractivity contribution < 1.29 is 19.1 Å². The van der Waals surface area contributed by atoms with Crippen LogP contribution in [0.5, 0.6) is 5.75 Å². The molecule has 2 amide bonds. The van der Waals surface area contributed by atoms with Gasteiger partial charge in [0.25, 0.3) is 0 Å². The maximum atomic E-state index is 13.1. The Morgan fingerprint density at radius 3 is 3.04 bits per heavy atom. The molecule has 0 unspecified atom stereocenters. The van der Waals surface area contributed by atoms with Gasteiger partial charge in [0.1, 0.15) is 17.7 Å². The number of nitrogens with one attached hydrogen (secondary N) is 1. The number of methoxy groups -OCH3 is 1. The fourth-order valence-corrected chi connectivity index (χ4v) is 4.41. The van der Waals surface area contributed by atoms with E-state index in [-0.39, 0.29) is 11.8 Å². The summed E-state index contributed by atoms with van der Waals surface area (Å²) in [5.74, 6) is -0.942. The first-order valence-electron chi connectivity index (χ1n) is 8.87. The minimum Gasteiger partial charge on any atom is -0.494 e. The molecule has 0 aliphatic carbocycles. The molecule has 144 valence electrons. The van der Waals surface area contributed by atoms with Crippen molar-refractivity contribution in [2.75, 3.05) is 26.0 Å². The lowest BCUT2D eigenvalue weighted by atomic mass is 9.77. The lowest BCUT2D eigenvalue weighted by molar-refractivity contribution is -0.134. The Morgan fingerprint density at radius 1 is 1.43 bits per heavy atom. The van der Waals surface area contributed by atoms with Gasteiger partial charge in [0.2, 0.25) is 11.8 Å². The van der Waals surface area contributed by atoms with Gasteiger partial charge in [-0.1, -0.05) is 12.2 Å². The Bertz CT molecular complexity index is 990. The summed E-state index contributed by atoms with van der Waals surface area (Å²) in [5.41, 5.74) is 0.508. The highest BCUT2D eigenvalue weighted by Gasteiger charge is 2.66. The molecule has 3 aliphatic heterocycles. The van der Waals surface area contributed by atoms with Gasteiger partial charge in [0.05, 0.1) is 43.0 Å². The number of aromatic nitrogens is 4. The van der Waals surface area contributed by atoms with Crippen LogP contribution in [-0.2, 0) is 14.3 Å². The zero-order valence-corrected chi connectivity index (χ0v) is 15.3. The van der Waals surface area contributed by atoms with Gasteiger partial charge in [0, 0.05) is 13.1 Å². The van der Waals surface area contributed by atoms with E-state index in [0.29, 0.717) is 23.7 Å². The molecule has 0 radical (unpaired) electrons. The monoisotopic (exact) mass is 382 g/mol. The molecule has 4 atom stereocenters. The molecule has 1 aromatic carbocycles. The maximum Gasteiger partial charge on any atom is 0.231 e. The highest BCUT2D eigenvalue weighted by atomic mass is 16.5. The number of rotatable bonds is 4. The molecule has 1 spiro atoms. The second kappa shape index (κ2) is 5.86. The number of nitrogens with zero attached hydrogens (tertiary/aromatic N) is 5. The number of ether oxygens (including phenoxy) is 2. The van der Waals surface area contributed by atoms with Crippen LogP contribution in [0.25, 0.3) is 5.69 Å². The average Bonchev–Trinajstić information content (AvgIpc) is 3.45. The van der Waals surface area contributed by atoms with Crippen molar-refractivity contribution >= 4 is 17.5 Å². The topological polar surface area (TPSA) is 111 Å². The van der Waals surface area contributed by atoms with Gasteiger partial charge >= 0.3 is 0 Å². The van der Waals surface area contributed by atoms with Crippen LogP contribution < -0.4 is 10.1 Å². The summed E-state index contributed by atoms with van der Waals surface area (Å²) in [4.78, 5) is 27.3. The minimum absolute atomic E-state index is 0.0620. The zero-order chi connectivity index (χ0) is 19.5. The van der Waals surface area contributed by atoms with Crippen molar-refractivity contribution in [1.82, 2.24) is 25.1 Å². The molecule has 2 aromatic rings. The number of fused-ring (bicyclic) bond motifs is 1. The van der Waals surface area contributed by atoms with Crippen LogP contribution in [0.2, 0.25) is 0 Å². The summed E-state index contributed by atoms with van der Waals surface area (Å²) >= 11 is 0. The zero-order valence-electron chi connectivity index (χ0n) is 15.3. The third-order valence-corrected chi connectivity index (χ3v) is 5.65. The lowest BCUT2D eigenvalue weighted by Gasteiger charge is -2.23. The molecule has 1 aromatic heterocycles. The molecule has 2 bridgehead atoms. The predicted octanol–water partition coefficient (Wildman–Crippen LogP) is 0.0212. The van der Waals surface area contributed by atoms with Crippen LogP contribution >= 0.6 is 0 Å². The van der Waals surface area contributed by atoms with Gasteiger partial charge in [-0.15, -0.1) is 5.10 Å². The summed E-state index contributed by atoms with van der Waals surface area (Å²) in [5, 5.41) is 14.0. The Labute approximate surface area is 160 Å². The van der Waals surface area contributed by atoms with Crippen LogP contribution in [0.1, 0.15) is 0 Å². The van der Waals surface area contributed by atoms with Crippen LogP contribution in [0.15, 0.2) is 36.7 Å². The van der Waals surface area contributed by atoms with Crippen LogP contribution in [0.4, 0.5) is 5.69 Å². The smallest absolute Gasteiger partial charge is 0.231 e. The number of tetrazole rings is 1. The van der Waals surface area contributed by atoms with Crippen LogP contribution in [-0.4, -0.2) is 69.3 Å². The molecule has 5 rings (SSSR count). The van der Waals surface area contributed by atoms with E-state index < -0.39 is 23.5 Å². The van der Waals surface area contributed by atoms with Crippen molar-refractivity contribution in [3.63, 3.8) is 0 Å². The lowest BCUT2D eigenvalue weighted by Crippen LogP contribution is -2.41. The quantitative estimate of drug-likeness (QED) is 0.742. The number of carbonyl (C=O) groups excluding carboxylic acids is 2. The van der Waals surface area contributed by atoms with Gasteiger partial charge in [-0.3, -0.25) is 9.59 Å². The van der Waals surface area contributed by atoms with Crippen LogP contribution in [0, 0.1) is 11.8 Å². The second-order valence-electron chi connectivity index (χ2n) is 7.22. The molecule has 1 N–H and O–H groups in total. The van der Waals surface area contributed by atoms with E-state index in [4.69, 9.17) is 9.47 Å². The van der Waals surface area contributed by atoms with E-state index in [2.05, 4.69) is 20.8 Å². The number of hydrogen-bond donors (Lipinski definition) is 1. The molecule has 10 heteroatoms. The third kappa shape index (κ3) is 2.27. The molecule has 2 saturated heterocycles. The third-order valence-electron chi connectivity index (χ3n) is 5.65. The Kier molecular flexibility index (Phi) is 3.53. The first-order chi connectivity index (χ1) is 13.5. The Morgan fingerprint density at radius 2 is 2.29 bits per heavy atom. The minimum atomic E-state index is -0.688. The van der Waals surface area contributed by atoms with Crippen molar-refractivity contribution in [2.45, 2.75) is 11.7 Å². The molecule has 3 aliphatic rings. The predicted molar refractivity (Wildman–Crippen MR) is 95.7 cm³/mol. The van der Waals surface area contributed by atoms with E-state index in [1.807, 2.05) is 12.2 Å². The molecule has 4 heterocycles. The van der Waals surface area contributed by atoms with Gasteiger partial charge in [-0.2, -0.15) is 0 Å². The van der Waals surface area contributed by atoms with E-state index in [1.54, 1.807) is 30.1 Å². The highest BCUT2D eigenvalue weighted by molar-refractivity contribution is 6.00. The fraction of sp³-hybridized carbons (Fsp3) is 0.389. The van der Waals surface area contributed by atoms with Crippen molar-refractivity contribution in [3.8, 4) is 11.4 Å². The maximum absolute atomic E-state index is 13.1. The number of likely N-dealkylation sites (N-methyl/N-ethyl adjacent to an activating group) is 1. The SMILES string of the molecule is COc1cc(-n2cnnn2)ccc1NC(=O)[C@H]1[C@@H]2C=C[C@@]3(CN(C)C(=O)[C@@H]13)O2. The van der Waals surface area contributed by atoms with Crippen molar-refractivity contribution in [3.05, 3.63) is 36.7 Å². The molecular formula is C18H18N6O4. The fourth-order valence-electron chi connectivity index (χ4n) is 4.41. The standard InChI is InChI=1S/C18H18N6O4/c1-23-8-18-6-5-12(28-18)14(15(18)17(23)26)16(25)20-11-4-3-10(7-13(11)27-2)24-9-19-21-22-24/h3-7,9,12,14-15H,8H2,1-2H3,(H,20,25)/t12-,14-,15+,18-/m0/s1. The summed E-state index contributed by atoms with van der Waals surface area (Å²) in [7, 11) is 3.25. The van der Waals surface area contributed by atoms with Crippen molar-refractivity contribution in [2.24, 2.45) is 11.8 Å². The summed E-state index contributed by atoms with van der Waals surface area (Å²) < 4.78 is 12.9. The first-order valence-corrected chi connectivity index (χ1v) is 8.87. The molecule has 0 saturated carbocycles. The van der Waals surface area contributed by atoms with Crippen LogP contribution in [0.3, 0.4) is 0 Å². The first kappa shape index (κ1) is 16.9. The number of benzene rings is 1. The summed E-state index contributed by atoms with van der Waals surface area (Å²) in [6.07, 6.45) is 4.88. The normalized spacial score (nSPS) is 30.0. The summed E-state index contributed by atoms with van der Waals surface area (Å²) in [6, 6.07) is 5.21. The summed E-state index contributed by atoms with van der Waals surface area (Å²) in [6.45, 7) is 0.469. The van der Waals surface area contributed by atoms with E-state index in [9.17, 15) is 9.59 Å². The largest absolute Gasteiger partial charge is 0.494 e. The number of hydrogen-bond acceptors (Lipinski definition) is 7. The van der Waals surface area contributed by atoms with Gasteiger partial charge in [-0.25, -0.2) is 4.68 Å². The van der Waals surface area contributed by atoms with E-state index in [1.165, 1.54) is 18.1 Å². The van der Waals surface area contributed by atoms with E-state index >= 15 is 0 Å². The highest BCUT2D eigenvalue weighted by Crippen LogP contribution is 2.51. The molecule has 2 fully saturated rings. The number of carbonyl (C=O) groups is 2. The molecular weight excluding hydrogens is 364 g/mol. The van der Waals surface area contributed by atoms with E-state index in [0.717, 1.165) is 0 Å². The van der Waals surface area contributed by atoms with Gasteiger partial charge in [0.15, 0.2) is 0 Å². The average molecular weight is 382 g/mol. The molecule has 28 heavy (non-hydrogen) atoms. The van der Waals surface area contributed by atoms with Crippen molar-refractivity contribution in [1.29, 1.82) is 0 Å². The Balaban J connectivity index is 1.42. The van der Waals surface area contributed by atoms with Gasteiger partial charge in [-0.05, 0) is 22.6 Å². The number of likely N-dealkylation sites (tertiary alicyclic amines) is 1. The molecule has 10 nitrogen and oxygen atoms in total. The number of amides is 2. The Hall–Kier alpha value is -3.27. The number of anilines is 1. The second-order valence-corrected chi connectivity index (χ2v) is 7.22.